The molecule has 0 unspecified atom stereocenters. The summed E-state index contributed by atoms with van der Waals surface area (Å²) in [5.74, 6) is 5.71. The topological polar surface area (TPSA) is 102 Å². The second-order valence-corrected chi connectivity index (χ2v) is 11.0. The fraction of sp³-hybridized carbons (Fsp3) is 0.128. The highest BCUT2D eigenvalue weighted by Crippen LogP contribution is 2.34. The number of pyridine rings is 1. The van der Waals surface area contributed by atoms with Crippen molar-refractivity contribution in [2.45, 2.75) is 32.5 Å². The molecule has 0 saturated carbocycles. The van der Waals surface area contributed by atoms with Crippen LogP contribution in [-0.4, -0.2) is 10.5 Å². The molecule has 0 amide bonds. The second kappa shape index (κ2) is 15.1. The third kappa shape index (κ3) is 7.76. The molecule has 47 heavy (non-hydrogen) atoms. The number of hydrogen-bond acceptors (Lipinski definition) is 7. The molecule has 1 aromatic heterocycles. The summed E-state index contributed by atoms with van der Waals surface area (Å²) in [5, 5.41) is 0.324. The molecule has 0 aliphatic heterocycles. The molecule has 6 aromatic rings. The van der Waals surface area contributed by atoms with E-state index in [4.69, 9.17) is 24.9 Å². The maximum atomic E-state index is 13.7. The van der Waals surface area contributed by atoms with E-state index in [0.717, 1.165) is 22.3 Å². The first kappa shape index (κ1) is 31.3. The molecule has 0 radical (unpaired) electrons. The SMILES string of the molecule is NOCc1cn(CC(=O)OC(c2ccccc2)c2ccccc2)c2cc(OCc3ccccc3)c(OCc3ccccc3)cc2c1=O. The van der Waals surface area contributed by atoms with Crippen molar-refractivity contribution in [1.29, 1.82) is 0 Å². The third-order valence-electron chi connectivity index (χ3n) is 7.69. The zero-order chi connectivity index (χ0) is 32.4. The number of ether oxygens (including phenoxy) is 3. The molecule has 5 aromatic carbocycles. The lowest BCUT2D eigenvalue weighted by Gasteiger charge is -2.21. The smallest absolute Gasteiger partial charge is 0.326 e. The fourth-order valence-electron chi connectivity index (χ4n) is 5.37. The Morgan fingerprint density at radius 1 is 0.660 bits per heavy atom. The van der Waals surface area contributed by atoms with Crippen molar-refractivity contribution in [2.24, 2.45) is 5.90 Å². The van der Waals surface area contributed by atoms with Crippen molar-refractivity contribution in [2.75, 3.05) is 0 Å². The molecule has 236 valence electrons. The third-order valence-corrected chi connectivity index (χ3v) is 7.69. The minimum absolute atomic E-state index is 0.146. The van der Waals surface area contributed by atoms with Crippen molar-refractivity contribution in [3.8, 4) is 11.5 Å². The molecule has 8 nitrogen and oxygen atoms in total. The van der Waals surface area contributed by atoms with E-state index in [2.05, 4.69) is 0 Å². The minimum atomic E-state index is -0.620. The normalized spacial score (nSPS) is 11.0. The van der Waals surface area contributed by atoms with Crippen molar-refractivity contribution in [3.05, 3.63) is 178 Å². The number of esters is 1. The van der Waals surface area contributed by atoms with Crippen LogP contribution in [0.4, 0.5) is 0 Å². The average Bonchev–Trinajstić information content (AvgIpc) is 3.12. The van der Waals surface area contributed by atoms with Crippen LogP contribution in [0.25, 0.3) is 10.9 Å². The highest BCUT2D eigenvalue weighted by atomic mass is 16.6. The Labute approximate surface area is 272 Å². The van der Waals surface area contributed by atoms with Gasteiger partial charge in [0.2, 0.25) is 0 Å². The number of aromatic nitrogens is 1. The molecule has 0 spiro atoms. The van der Waals surface area contributed by atoms with Gasteiger partial charge in [-0.2, -0.15) is 0 Å². The number of carbonyl (C=O) groups excluding carboxylic acids is 1. The Hall–Kier alpha value is -5.70. The summed E-state index contributed by atoms with van der Waals surface area (Å²) in [6.45, 7) is 0.204. The van der Waals surface area contributed by atoms with Gasteiger partial charge in [-0.3, -0.25) is 14.4 Å². The molecule has 1 heterocycles. The van der Waals surface area contributed by atoms with E-state index in [9.17, 15) is 9.59 Å². The monoisotopic (exact) mass is 626 g/mol. The molecular weight excluding hydrogens is 592 g/mol. The Balaban J connectivity index is 1.38. The molecule has 0 bridgehead atoms. The predicted octanol–water partition coefficient (Wildman–Crippen LogP) is 6.88. The lowest BCUT2D eigenvalue weighted by Crippen LogP contribution is -2.22. The number of nitrogens with two attached hydrogens (primary N) is 1. The molecule has 0 fully saturated rings. The van der Waals surface area contributed by atoms with Gasteiger partial charge in [0, 0.05) is 23.2 Å². The number of nitrogens with zero attached hydrogens (tertiary/aromatic N) is 1. The van der Waals surface area contributed by atoms with Crippen LogP contribution in [0.2, 0.25) is 0 Å². The Morgan fingerprint density at radius 2 is 1.15 bits per heavy atom. The highest BCUT2D eigenvalue weighted by Gasteiger charge is 2.21. The zero-order valence-corrected chi connectivity index (χ0v) is 25.7. The summed E-state index contributed by atoms with van der Waals surface area (Å²) in [6, 6.07) is 42.0. The molecular formula is C39H34N2O6. The first-order valence-corrected chi connectivity index (χ1v) is 15.2. The van der Waals surface area contributed by atoms with Crippen LogP contribution in [0.3, 0.4) is 0 Å². The van der Waals surface area contributed by atoms with Crippen molar-refractivity contribution >= 4 is 16.9 Å². The van der Waals surface area contributed by atoms with Gasteiger partial charge in [0.05, 0.1) is 12.1 Å². The second-order valence-electron chi connectivity index (χ2n) is 11.0. The van der Waals surface area contributed by atoms with Gasteiger partial charge >= 0.3 is 5.97 Å². The first-order chi connectivity index (χ1) is 23.1. The van der Waals surface area contributed by atoms with E-state index in [1.54, 1.807) is 22.9 Å². The standard InChI is InChI=1S/C39H34N2O6/c40-46-27-32-23-41(24-37(42)47-39(30-17-9-3-10-18-30)31-19-11-4-12-20-31)34-22-36(45-26-29-15-7-2-8-16-29)35(21-33(34)38(32)43)44-25-28-13-5-1-6-14-28/h1-23,39H,24-27,40H2. The van der Waals surface area contributed by atoms with Gasteiger partial charge in [-0.05, 0) is 28.3 Å². The number of fused-ring (bicyclic) bond motifs is 1. The summed E-state index contributed by atoms with van der Waals surface area (Å²) < 4.78 is 20.3. The highest BCUT2D eigenvalue weighted by molar-refractivity contribution is 5.85. The molecule has 0 saturated heterocycles. The quantitative estimate of drug-likeness (QED) is 0.110. The number of rotatable bonds is 13. The minimum Gasteiger partial charge on any atom is -0.485 e. The van der Waals surface area contributed by atoms with Gasteiger partial charge in [-0.15, -0.1) is 0 Å². The molecule has 0 aliphatic carbocycles. The Bertz CT molecular complexity index is 1940. The van der Waals surface area contributed by atoms with Crippen LogP contribution in [0.5, 0.6) is 11.5 Å². The van der Waals surface area contributed by atoms with E-state index >= 15 is 0 Å². The fourth-order valence-corrected chi connectivity index (χ4v) is 5.37. The maximum Gasteiger partial charge on any atom is 0.326 e. The first-order valence-electron chi connectivity index (χ1n) is 15.2. The summed E-state index contributed by atoms with van der Waals surface area (Å²) in [5.41, 5.74) is 4.06. The molecule has 8 heteroatoms. The van der Waals surface area contributed by atoms with E-state index in [1.807, 2.05) is 121 Å². The average molecular weight is 627 g/mol. The summed E-state index contributed by atoms with van der Waals surface area (Å²) in [4.78, 5) is 32.2. The van der Waals surface area contributed by atoms with Gasteiger partial charge in [0.15, 0.2) is 23.0 Å². The summed E-state index contributed by atoms with van der Waals surface area (Å²) in [7, 11) is 0. The van der Waals surface area contributed by atoms with E-state index in [1.165, 1.54) is 0 Å². The Morgan fingerprint density at radius 3 is 1.66 bits per heavy atom. The predicted molar refractivity (Wildman–Crippen MR) is 180 cm³/mol. The lowest BCUT2D eigenvalue weighted by molar-refractivity contribution is -0.148. The molecule has 0 atom stereocenters. The molecule has 6 rings (SSSR count). The summed E-state index contributed by atoms with van der Waals surface area (Å²) >= 11 is 0. The molecule has 0 aliphatic rings. The van der Waals surface area contributed by atoms with E-state index in [-0.39, 0.29) is 37.4 Å². The van der Waals surface area contributed by atoms with E-state index in [0.29, 0.717) is 22.4 Å². The summed E-state index contributed by atoms with van der Waals surface area (Å²) in [6.07, 6.45) is 0.953. The Kier molecular flexibility index (Phi) is 10.0. The zero-order valence-electron chi connectivity index (χ0n) is 25.7. The van der Waals surface area contributed by atoms with Crippen molar-refractivity contribution < 1.29 is 23.8 Å². The van der Waals surface area contributed by atoms with Gasteiger partial charge in [-0.25, -0.2) is 5.90 Å². The van der Waals surface area contributed by atoms with E-state index < -0.39 is 12.1 Å². The molecule has 2 N–H and O–H groups in total. The van der Waals surface area contributed by atoms with Crippen LogP contribution in [0, 0.1) is 0 Å². The number of carbonyl (C=O) groups is 1. The van der Waals surface area contributed by atoms with Crippen LogP contribution in [-0.2, 0) is 40.7 Å². The van der Waals surface area contributed by atoms with Crippen LogP contribution < -0.4 is 20.8 Å². The lowest BCUT2D eigenvalue weighted by atomic mass is 10.0. The number of hydrogen-bond donors (Lipinski definition) is 1. The van der Waals surface area contributed by atoms with Crippen LogP contribution in [0.1, 0.15) is 33.9 Å². The van der Waals surface area contributed by atoms with Crippen LogP contribution >= 0.6 is 0 Å². The van der Waals surface area contributed by atoms with Gasteiger partial charge in [-0.1, -0.05) is 121 Å². The van der Waals surface area contributed by atoms with Gasteiger partial charge in [0.1, 0.15) is 19.8 Å². The van der Waals surface area contributed by atoms with Gasteiger partial charge < -0.3 is 18.8 Å². The van der Waals surface area contributed by atoms with Gasteiger partial charge in [0.25, 0.3) is 0 Å². The maximum absolute atomic E-state index is 13.7. The van der Waals surface area contributed by atoms with Crippen LogP contribution in [0.15, 0.2) is 144 Å². The largest absolute Gasteiger partial charge is 0.485 e. The van der Waals surface area contributed by atoms with Crippen molar-refractivity contribution in [3.63, 3.8) is 0 Å². The number of benzene rings is 5. The van der Waals surface area contributed by atoms with Crippen molar-refractivity contribution in [1.82, 2.24) is 4.57 Å².